The molecule has 0 saturated heterocycles. The number of rotatable bonds is 4. The zero-order valence-corrected chi connectivity index (χ0v) is 12.6. The van der Waals surface area contributed by atoms with Gasteiger partial charge in [-0.3, -0.25) is 9.78 Å². The standard InChI is InChI=1S/C17H18N2O4/c20-13-10-19(9-12(15(13)21)16(22)23)11-17(6-2-3-7-17)14-5-1-4-8-18-14/h1,4-5,8-10,20H,2-3,6-7,11H2,(H,22,23). The van der Waals surface area contributed by atoms with Crippen molar-refractivity contribution >= 4 is 5.97 Å². The molecule has 0 aliphatic heterocycles. The highest BCUT2D eigenvalue weighted by molar-refractivity contribution is 5.87. The van der Waals surface area contributed by atoms with Crippen molar-refractivity contribution < 1.29 is 15.0 Å². The lowest BCUT2D eigenvalue weighted by molar-refractivity contribution is 0.0693. The largest absolute Gasteiger partial charge is 0.503 e. The highest BCUT2D eigenvalue weighted by atomic mass is 16.4. The van der Waals surface area contributed by atoms with Crippen LogP contribution in [0.2, 0.25) is 0 Å². The van der Waals surface area contributed by atoms with Crippen molar-refractivity contribution in [2.75, 3.05) is 0 Å². The smallest absolute Gasteiger partial charge is 0.341 e. The van der Waals surface area contributed by atoms with E-state index in [1.807, 2.05) is 18.2 Å². The fourth-order valence-electron chi connectivity index (χ4n) is 3.43. The van der Waals surface area contributed by atoms with Crippen molar-refractivity contribution in [3.05, 3.63) is 58.3 Å². The van der Waals surface area contributed by atoms with Crippen molar-refractivity contribution in [1.29, 1.82) is 0 Å². The van der Waals surface area contributed by atoms with Crippen LogP contribution >= 0.6 is 0 Å². The van der Waals surface area contributed by atoms with Gasteiger partial charge in [0.25, 0.3) is 0 Å². The lowest BCUT2D eigenvalue weighted by atomic mass is 9.82. The van der Waals surface area contributed by atoms with Gasteiger partial charge in [0.2, 0.25) is 5.43 Å². The molecule has 120 valence electrons. The maximum atomic E-state index is 11.7. The van der Waals surface area contributed by atoms with Gasteiger partial charge in [0, 0.05) is 36.2 Å². The molecule has 1 aliphatic rings. The fraction of sp³-hybridized carbons (Fsp3) is 0.353. The molecule has 2 aromatic rings. The molecule has 0 bridgehead atoms. The highest BCUT2D eigenvalue weighted by Gasteiger charge is 2.37. The third-order valence-corrected chi connectivity index (χ3v) is 4.54. The van der Waals surface area contributed by atoms with Crippen LogP contribution in [-0.2, 0) is 12.0 Å². The lowest BCUT2D eigenvalue weighted by Gasteiger charge is -2.29. The number of carbonyl (C=O) groups is 1. The summed E-state index contributed by atoms with van der Waals surface area (Å²) in [7, 11) is 0. The number of hydrogen-bond donors (Lipinski definition) is 2. The Morgan fingerprint density at radius 1 is 1.26 bits per heavy atom. The van der Waals surface area contributed by atoms with E-state index in [-0.39, 0.29) is 5.41 Å². The SMILES string of the molecule is O=C(O)c1cn(CC2(c3ccccn3)CCCC2)cc(O)c1=O. The van der Waals surface area contributed by atoms with E-state index in [1.165, 1.54) is 12.4 Å². The Bertz CT molecular complexity index is 777. The maximum Gasteiger partial charge on any atom is 0.341 e. The van der Waals surface area contributed by atoms with Crippen LogP contribution in [-0.4, -0.2) is 25.7 Å². The van der Waals surface area contributed by atoms with Gasteiger partial charge in [0.1, 0.15) is 5.56 Å². The molecule has 1 aliphatic carbocycles. The summed E-state index contributed by atoms with van der Waals surface area (Å²) >= 11 is 0. The molecule has 0 spiro atoms. The van der Waals surface area contributed by atoms with Crippen molar-refractivity contribution in [3.63, 3.8) is 0 Å². The fourth-order valence-corrected chi connectivity index (χ4v) is 3.43. The molecular formula is C17H18N2O4. The van der Waals surface area contributed by atoms with Crippen LogP contribution in [0.25, 0.3) is 0 Å². The Labute approximate surface area is 133 Å². The molecule has 0 radical (unpaired) electrons. The van der Waals surface area contributed by atoms with Crippen LogP contribution in [0.3, 0.4) is 0 Å². The number of hydrogen-bond acceptors (Lipinski definition) is 4. The minimum Gasteiger partial charge on any atom is -0.503 e. The topological polar surface area (TPSA) is 92.4 Å². The quantitative estimate of drug-likeness (QED) is 0.902. The predicted octanol–water partition coefficient (Wildman–Crippen LogP) is 2.16. The molecule has 0 atom stereocenters. The van der Waals surface area contributed by atoms with E-state index in [0.717, 1.165) is 31.4 Å². The van der Waals surface area contributed by atoms with Crippen LogP contribution in [0, 0.1) is 0 Å². The van der Waals surface area contributed by atoms with Crippen molar-refractivity contribution in [2.24, 2.45) is 0 Å². The third-order valence-electron chi connectivity index (χ3n) is 4.54. The monoisotopic (exact) mass is 314 g/mol. The van der Waals surface area contributed by atoms with Crippen molar-refractivity contribution in [1.82, 2.24) is 9.55 Å². The molecule has 2 aromatic heterocycles. The molecule has 1 saturated carbocycles. The van der Waals surface area contributed by atoms with Crippen LogP contribution in [0.5, 0.6) is 5.75 Å². The molecule has 2 N–H and O–H groups in total. The first-order chi connectivity index (χ1) is 11.0. The summed E-state index contributed by atoms with van der Waals surface area (Å²) in [6, 6.07) is 5.78. The van der Waals surface area contributed by atoms with Crippen molar-refractivity contribution in [2.45, 2.75) is 37.6 Å². The van der Waals surface area contributed by atoms with Gasteiger partial charge < -0.3 is 14.8 Å². The van der Waals surface area contributed by atoms with E-state index in [2.05, 4.69) is 4.98 Å². The van der Waals surface area contributed by atoms with Gasteiger partial charge in [-0.1, -0.05) is 18.9 Å². The van der Waals surface area contributed by atoms with E-state index < -0.39 is 22.7 Å². The number of carboxylic acid groups (broad SMARTS) is 1. The second-order valence-electron chi connectivity index (χ2n) is 6.07. The predicted molar refractivity (Wildman–Crippen MR) is 83.7 cm³/mol. The van der Waals surface area contributed by atoms with Gasteiger partial charge in [-0.05, 0) is 25.0 Å². The number of carboxylic acids is 1. The number of nitrogens with zero attached hydrogens (tertiary/aromatic N) is 2. The molecule has 23 heavy (non-hydrogen) atoms. The van der Waals surface area contributed by atoms with Crippen LogP contribution in [0.15, 0.2) is 41.6 Å². The summed E-state index contributed by atoms with van der Waals surface area (Å²) in [6.07, 6.45) is 8.40. The Morgan fingerprint density at radius 2 is 2.00 bits per heavy atom. The molecule has 0 amide bonds. The van der Waals surface area contributed by atoms with Crippen molar-refractivity contribution in [3.8, 4) is 5.75 Å². The van der Waals surface area contributed by atoms with Crippen LogP contribution < -0.4 is 5.43 Å². The first kappa shape index (κ1) is 15.3. The summed E-state index contributed by atoms with van der Waals surface area (Å²) in [4.78, 5) is 27.3. The lowest BCUT2D eigenvalue weighted by Crippen LogP contribution is -2.30. The summed E-state index contributed by atoms with van der Waals surface area (Å²) < 4.78 is 1.60. The van der Waals surface area contributed by atoms with E-state index in [4.69, 9.17) is 5.11 Å². The highest BCUT2D eigenvalue weighted by Crippen LogP contribution is 2.41. The normalized spacial score (nSPS) is 16.3. The minimum atomic E-state index is -1.34. The molecule has 1 fully saturated rings. The van der Waals surface area contributed by atoms with Crippen LogP contribution in [0.1, 0.15) is 41.7 Å². The van der Waals surface area contributed by atoms with E-state index in [1.54, 1.807) is 10.8 Å². The van der Waals surface area contributed by atoms with Gasteiger partial charge in [-0.2, -0.15) is 0 Å². The molecule has 0 unspecified atom stereocenters. The number of aromatic nitrogens is 2. The summed E-state index contributed by atoms with van der Waals surface area (Å²) in [5.41, 5.74) is -0.503. The second kappa shape index (κ2) is 5.87. The first-order valence-corrected chi connectivity index (χ1v) is 7.60. The van der Waals surface area contributed by atoms with Gasteiger partial charge in [0.15, 0.2) is 5.75 Å². The number of aromatic carboxylic acids is 1. The maximum absolute atomic E-state index is 11.7. The Morgan fingerprint density at radius 3 is 2.61 bits per heavy atom. The van der Waals surface area contributed by atoms with E-state index >= 15 is 0 Å². The first-order valence-electron chi connectivity index (χ1n) is 7.60. The average molecular weight is 314 g/mol. The van der Waals surface area contributed by atoms with Crippen LogP contribution in [0.4, 0.5) is 0 Å². The third kappa shape index (κ3) is 2.84. The number of pyridine rings is 2. The minimum absolute atomic E-state index is 0.196. The molecule has 0 aromatic carbocycles. The molecular weight excluding hydrogens is 296 g/mol. The Balaban J connectivity index is 2.02. The average Bonchev–Trinajstić information content (AvgIpc) is 3.01. The Kier molecular flexibility index (Phi) is 3.90. The van der Waals surface area contributed by atoms with Gasteiger partial charge in [-0.15, -0.1) is 0 Å². The van der Waals surface area contributed by atoms with Gasteiger partial charge in [-0.25, -0.2) is 4.79 Å². The summed E-state index contributed by atoms with van der Waals surface area (Å²) in [6.45, 7) is 0.484. The molecule has 2 heterocycles. The Hall–Kier alpha value is -2.63. The molecule has 6 heteroatoms. The van der Waals surface area contributed by atoms with E-state index in [0.29, 0.717) is 6.54 Å². The molecule has 3 rings (SSSR count). The molecule has 6 nitrogen and oxygen atoms in total. The zero-order valence-electron chi connectivity index (χ0n) is 12.6. The summed E-state index contributed by atoms with van der Waals surface area (Å²) in [5, 5.41) is 18.9. The van der Waals surface area contributed by atoms with E-state index in [9.17, 15) is 14.7 Å². The van der Waals surface area contributed by atoms with Gasteiger partial charge >= 0.3 is 5.97 Å². The number of aromatic hydroxyl groups is 1. The van der Waals surface area contributed by atoms with Gasteiger partial charge in [0.05, 0.1) is 0 Å². The second-order valence-corrected chi connectivity index (χ2v) is 6.07. The zero-order chi connectivity index (χ0) is 16.4. The summed E-state index contributed by atoms with van der Waals surface area (Å²) in [5.74, 6) is -1.88.